The largest absolute Gasteiger partial charge is 0.399 e. The van der Waals surface area contributed by atoms with Gasteiger partial charge >= 0.3 is 0 Å². The second-order valence-electron chi connectivity index (χ2n) is 4.48. The number of para-hydroxylation sites is 1. The first-order chi connectivity index (χ1) is 9.16. The highest BCUT2D eigenvalue weighted by atomic mass is 16.1. The Morgan fingerprint density at radius 2 is 1.95 bits per heavy atom. The molecule has 1 aromatic heterocycles. The molecule has 0 atom stereocenters. The van der Waals surface area contributed by atoms with Crippen LogP contribution in [0.4, 0.5) is 5.69 Å². The molecular formula is C15H13N3O. The number of nitrogen functional groups attached to an aromatic ring is 1. The summed E-state index contributed by atoms with van der Waals surface area (Å²) in [5.74, 6) is 0. The lowest BCUT2D eigenvalue weighted by atomic mass is 10.1. The Morgan fingerprint density at radius 3 is 2.74 bits per heavy atom. The van der Waals surface area contributed by atoms with E-state index < -0.39 is 0 Å². The smallest absolute Gasteiger partial charge is 0.280 e. The zero-order valence-corrected chi connectivity index (χ0v) is 10.5. The lowest BCUT2D eigenvalue weighted by Gasteiger charge is -2.12. The van der Waals surface area contributed by atoms with Crippen molar-refractivity contribution in [3.63, 3.8) is 0 Å². The molecule has 4 heteroatoms. The van der Waals surface area contributed by atoms with Gasteiger partial charge in [-0.2, -0.15) is 4.98 Å². The molecule has 4 nitrogen and oxygen atoms in total. The Kier molecular flexibility index (Phi) is 2.56. The molecule has 19 heavy (non-hydrogen) atoms. The minimum absolute atomic E-state index is 0.208. The molecular weight excluding hydrogens is 238 g/mol. The van der Waals surface area contributed by atoms with E-state index in [0.29, 0.717) is 5.39 Å². The van der Waals surface area contributed by atoms with E-state index in [4.69, 9.17) is 5.73 Å². The highest BCUT2D eigenvalue weighted by molar-refractivity contribution is 5.79. The number of hydrogen-bond acceptors (Lipinski definition) is 3. The number of aromatic nitrogens is 2. The summed E-state index contributed by atoms with van der Waals surface area (Å²) >= 11 is 0. The summed E-state index contributed by atoms with van der Waals surface area (Å²) in [6.45, 7) is 1.98. The van der Waals surface area contributed by atoms with Crippen LogP contribution in [0.5, 0.6) is 0 Å². The molecule has 0 aliphatic rings. The minimum Gasteiger partial charge on any atom is -0.399 e. The van der Waals surface area contributed by atoms with Crippen LogP contribution in [0.2, 0.25) is 0 Å². The molecule has 0 bridgehead atoms. The number of fused-ring (bicyclic) bond motifs is 1. The van der Waals surface area contributed by atoms with Gasteiger partial charge in [0.2, 0.25) is 0 Å². The molecule has 3 aromatic rings. The molecule has 0 aliphatic heterocycles. The van der Waals surface area contributed by atoms with Crippen molar-refractivity contribution in [3.05, 3.63) is 64.7 Å². The van der Waals surface area contributed by atoms with Gasteiger partial charge in [-0.05, 0) is 42.8 Å². The van der Waals surface area contributed by atoms with Crippen LogP contribution in [0, 0.1) is 6.92 Å². The van der Waals surface area contributed by atoms with E-state index in [2.05, 4.69) is 4.98 Å². The summed E-state index contributed by atoms with van der Waals surface area (Å²) in [7, 11) is 0. The zero-order valence-electron chi connectivity index (χ0n) is 10.5. The standard InChI is InChI=1S/C15H13N3O/c1-10-8-11(16)6-7-13(10)18-9-17-15(19)12-4-2-3-5-14(12)18/h2-9H,16H2,1H3. The number of benzene rings is 2. The van der Waals surface area contributed by atoms with Gasteiger partial charge in [0.1, 0.15) is 6.33 Å². The van der Waals surface area contributed by atoms with Crippen LogP contribution in [0.15, 0.2) is 53.6 Å². The third kappa shape index (κ3) is 1.87. The van der Waals surface area contributed by atoms with E-state index in [1.54, 1.807) is 12.4 Å². The van der Waals surface area contributed by atoms with Crippen LogP contribution in [-0.2, 0) is 0 Å². The van der Waals surface area contributed by atoms with Crippen LogP contribution >= 0.6 is 0 Å². The first kappa shape index (κ1) is 11.5. The van der Waals surface area contributed by atoms with E-state index >= 15 is 0 Å². The average Bonchev–Trinajstić information content (AvgIpc) is 2.41. The first-order valence-electron chi connectivity index (χ1n) is 6.00. The maximum atomic E-state index is 11.8. The van der Waals surface area contributed by atoms with Crippen LogP contribution in [0.3, 0.4) is 0 Å². The maximum absolute atomic E-state index is 11.8. The predicted molar refractivity (Wildman–Crippen MR) is 76.5 cm³/mol. The summed E-state index contributed by atoms with van der Waals surface area (Å²) in [6, 6.07) is 13.1. The Balaban J connectivity index is 2.37. The lowest BCUT2D eigenvalue weighted by Crippen LogP contribution is -2.12. The predicted octanol–water partition coefficient (Wildman–Crippen LogP) is 2.28. The van der Waals surface area contributed by atoms with Gasteiger partial charge in [0, 0.05) is 5.69 Å². The number of anilines is 1. The Bertz CT molecular complexity index is 821. The van der Waals surface area contributed by atoms with Gasteiger partial charge in [0.15, 0.2) is 0 Å². The summed E-state index contributed by atoms with van der Waals surface area (Å²) in [5.41, 5.74) is 9.13. The molecule has 0 aliphatic carbocycles. The van der Waals surface area contributed by atoms with Gasteiger partial charge in [0.05, 0.1) is 16.6 Å². The number of hydrogen-bond donors (Lipinski definition) is 1. The Morgan fingerprint density at radius 1 is 1.16 bits per heavy atom. The van der Waals surface area contributed by atoms with Gasteiger partial charge in [-0.15, -0.1) is 0 Å². The third-order valence-electron chi connectivity index (χ3n) is 3.16. The van der Waals surface area contributed by atoms with E-state index in [1.807, 2.05) is 47.9 Å². The molecule has 0 amide bonds. The third-order valence-corrected chi connectivity index (χ3v) is 3.16. The number of aryl methyl sites for hydroxylation is 1. The molecule has 94 valence electrons. The normalized spacial score (nSPS) is 10.8. The second kappa shape index (κ2) is 4.24. The molecule has 0 fully saturated rings. The van der Waals surface area contributed by atoms with Crippen LogP contribution in [0.25, 0.3) is 16.6 Å². The van der Waals surface area contributed by atoms with Crippen molar-refractivity contribution in [2.75, 3.05) is 5.73 Å². The van der Waals surface area contributed by atoms with Crippen LogP contribution < -0.4 is 11.3 Å². The fraction of sp³-hybridized carbons (Fsp3) is 0.0667. The van der Waals surface area contributed by atoms with Crippen molar-refractivity contribution in [1.29, 1.82) is 0 Å². The van der Waals surface area contributed by atoms with E-state index in [9.17, 15) is 4.79 Å². The average molecular weight is 251 g/mol. The number of rotatable bonds is 1. The SMILES string of the molecule is Cc1cc(N)ccc1-n1cnc(=O)c2ccccc21. The van der Waals surface area contributed by atoms with Gasteiger partial charge in [-0.25, -0.2) is 0 Å². The molecule has 2 aromatic carbocycles. The summed E-state index contributed by atoms with van der Waals surface area (Å²) in [4.78, 5) is 15.7. The van der Waals surface area contributed by atoms with Gasteiger partial charge in [-0.3, -0.25) is 9.36 Å². The molecule has 0 radical (unpaired) electrons. The molecule has 0 saturated heterocycles. The minimum atomic E-state index is -0.208. The topological polar surface area (TPSA) is 60.9 Å². The number of nitrogens with two attached hydrogens (primary N) is 1. The zero-order chi connectivity index (χ0) is 13.4. The molecule has 1 heterocycles. The monoisotopic (exact) mass is 251 g/mol. The van der Waals surface area contributed by atoms with Crippen molar-refractivity contribution in [2.45, 2.75) is 6.92 Å². The summed E-state index contributed by atoms with van der Waals surface area (Å²) in [6.07, 6.45) is 1.56. The van der Waals surface area contributed by atoms with E-state index in [-0.39, 0.29) is 5.56 Å². The van der Waals surface area contributed by atoms with Crippen molar-refractivity contribution in [3.8, 4) is 5.69 Å². The fourth-order valence-electron chi connectivity index (χ4n) is 2.25. The quantitative estimate of drug-likeness (QED) is 0.675. The molecule has 3 rings (SSSR count). The molecule has 0 spiro atoms. The van der Waals surface area contributed by atoms with Crippen molar-refractivity contribution in [1.82, 2.24) is 9.55 Å². The first-order valence-corrected chi connectivity index (χ1v) is 6.00. The molecule has 0 saturated carbocycles. The second-order valence-corrected chi connectivity index (χ2v) is 4.48. The van der Waals surface area contributed by atoms with Gasteiger partial charge < -0.3 is 5.73 Å². The molecule has 0 unspecified atom stereocenters. The fourth-order valence-corrected chi connectivity index (χ4v) is 2.25. The van der Waals surface area contributed by atoms with E-state index in [0.717, 1.165) is 22.5 Å². The highest BCUT2D eigenvalue weighted by Crippen LogP contribution is 2.20. The van der Waals surface area contributed by atoms with E-state index in [1.165, 1.54) is 0 Å². The van der Waals surface area contributed by atoms with Crippen molar-refractivity contribution in [2.24, 2.45) is 0 Å². The Labute approximate surface area is 110 Å². The summed E-state index contributed by atoms with van der Waals surface area (Å²) in [5, 5.41) is 0.612. The lowest BCUT2D eigenvalue weighted by molar-refractivity contribution is 1.01. The van der Waals surface area contributed by atoms with Crippen molar-refractivity contribution >= 4 is 16.6 Å². The molecule has 2 N–H and O–H groups in total. The number of nitrogens with zero attached hydrogens (tertiary/aromatic N) is 2. The van der Waals surface area contributed by atoms with Gasteiger partial charge in [0.25, 0.3) is 5.56 Å². The summed E-state index contributed by atoms with van der Waals surface area (Å²) < 4.78 is 1.91. The van der Waals surface area contributed by atoms with Crippen LogP contribution in [-0.4, -0.2) is 9.55 Å². The van der Waals surface area contributed by atoms with Crippen molar-refractivity contribution < 1.29 is 0 Å². The van der Waals surface area contributed by atoms with Crippen LogP contribution in [0.1, 0.15) is 5.56 Å². The maximum Gasteiger partial charge on any atom is 0.280 e. The highest BCUT2D eigenvalue weighted by Gasteiger charge is 2.07. The van der Waals surface area contributed by atoms with Gasteiger partial charge in [-0.1, -0.05) is 12.1 Å². The Hall–Kier alpha value is -2.62.